The van der Waals surface area contributed by atoms with Crippen LogP contribution in [0.1, 0.15) is 32.6 Å². The first-order chi connectivity index (χ1) is 16.1. The Morgan fingerprint density at radius 2 is 2.03 bits per heavy atom. The Hall–Kier alpha value is -2.37. The van der Waals surface area contributed by atoms with E-state index in [1.54, 1.807) is 44.2 Å². The van der Waals surface area contributed by atoms with Gasteiger partial charge in [-0.1, -0.05) is 18.2 Å². The Balaban J connectivity index is 1.70. The number of ether oxygens (including phenoxy) is 1. The summed E-state index contributed by atoms with van der Waals surface area (Å²) in [5.41, 5.74) is 4.96. The van der Waals surface area contributed by atoms with Crippen molar-refractivity contribution in [1.29, 1.82) is 0 Å². The zero-order chi connectivity index (χ0) is 24.9. The van der Waals surface area contributed by atoms with Gasteiger partial charge in [-0.15, -0.1) is 11.8 Å². The monoisotopic (exact) mass is 512 g/mol. The van der Waals surface area contributed by atoms with Gasteiger partial charge in [0.15, 0.2) is 0 Å². The molecule has 1 fully saturated rings. The largest absolute Gasteiger partial charge is 0.462 e. The summed E-state index contributed by atoms with van der Waals surface area (Å²) in [4.78, 5) is 28.1. The predicted molar refractivity (Wildman–Crippen MR) is 128 cm³/mol. The second kappa shape index (κ2) is 11.4. The summed E-state index contributed by atoms with van der Waals surface area (Å²) in [5.74, 6) is -0.218. The maximum absolute atomic E-state index is 13.6. The topological polar surface area (TPSA) is 155 Å². The van der Waals surface area contributed by atoms with Gasteiger partial charge in [0, 0.05) is 11.4 Å². The molecule has 1 saturated heterocycles. The molecule has 0 bridgehead atoms. The van der Waals surface area contributed by atoms with E-state index in [4.69, 9.17) is 19.5 Å². The lowest BCUT2D eigenvalue weighted by atomic mass is 10.2. The van der Waals surface area contributed by atoms with Crippen molar-refractivity contribution < 1.29 is 28.3 Å². The van der Waals surface area contributed by atoms with Gasteiger partial charge in [-0.2, -0.15) is 10.1 Å². The Morgan fingerprint density at radius 1 is 1.32 bits per heavy atom. The summed E-state index contributed by atoms with van der Waals surface area (Å²) in [6.45, 7) is 4.85. The summed E-state index contributed by atoms with van der Waals surface area (Å²) in [6, 6.07) is 8.93. The van der Waals surface area contributed by atoms with E-state index < -0.39 is 36.9 Å². The van der Waals surface area contributed by atoms with Crippen LogP contribution in [0.25, 0.3) is 0 Å². The van der Waals surface area contributed by atoms with Crippen molar-refractivity contribution >= 4 is 31.3 Å². The van der Waals surface area contributed by atoms with Crippen LogP contribution in [0.4, 0.5) is 5.82 Å². The molecule has 0 aliphatic carbocycles. The number of hydrogen-bond acceptors (Lipinski definition) is 10. The van der Waals surface area contributed by atoms with Crippen LogP contribution in [0.2, 0.25) is 0 Å². The molecular weight excluding hydrogens is 483 g/mol. The van der Waals surface area contributed by atoms with Gasteiger partial charge >= 0.3 is 19.4 Å². The zero-order valence-electron chi connectivity index (χ0n) is 19.1. The number of aliphatic hydroxyl groups is 1. The molecule has 2 heterocycles. The molecule has 2 aromatic rings. The lowest BCUT2D eigenvalue weighted by Gasteiger charge is -2.24. The van der Waals surface area contributed by atoms with Gasteiger partial charge in [0.05, 0.1) is 18.8 Å². The first-order valence-electron chi connectivity index (χ1n) is 10.7. The third-order valence-electron chi connectivity index (χ3n) is 4.75. The molecular formula is C21H29N4O7PS. The molecule has 0 spiro atoms. The number of rotatable bonds is 10. The van der Waals surface area contributed by atoms with Gasteiger partial charge in [0.25, 0.3) is 0 Å². The number of anilines is 1. The smallest absolute Gasteiger partial charge is 0.459 e. The quantitative estimate of drug-likeness (QED) is 0.317. The average Bonchev–Trinajstić information content (AvgIpc) is 3.13. The van der Waals surface area contributed by atoms with Crippen LogP contribution in [-0.2, 0) is 18.6 Å². The number of esters is 1. The number of para-hydroxylation sites is 1. The number of nitrogen functional groups attached to an aromatic ring is 1. The SMILES string of the molecule is CC(C)OC(=O)[C@H](C)NP(=O)(OCC1CC(O)C(n2ccc(N)nc2=O)S1)Oc1ccccc1. The maximum Gasteiger partial charge on any atom is 0.459 e. The summed E-state index contributed by atoms with van der Waals surface area (Å²) in [7, 11) is -4.02. The number of thioether (sulfide) groups is 1. The number of benzene rings is 1. The molecule has 0 saturated carbocycles. The molecule has 1 aliphatic rings. The van der Waals surface area contributed by atoms with Crippen LogP contribution in [0, 0.1) is 0 Å². The van der Waals surface area contributed by atoms with Crippen molar-refractivity contribution in [2.45, 2.75) is 56.1 Å². The van der Waals surface area contributed by atoms with Gasteiger partial charge < -0.3 is 20.1 Å². The van der Waals surface area contributed by atoms with E-state index in [9.17, 15) is 19.3 Å². The molecule has 186 valence electrons. The molecule has 0 amide bonds. The first-order valence-corrected chi connectivity index (χ1v) is 13.2. The number of aromatic nitrogens is 2. The van der Waals surface area contributed by atoms with E-state index >= 15 is 0 Å². The number of hydrogen-bond donors (Lipinski definition) is 3. The minimum absolute atomic E-state index is 0.0710. The van der Waals surface area contributed by atoms with Crippen molar-refractivity contribution in [1.82, 2.24) is 14.6 Å². The fourth-order valence-electron chi connectivity index (χ4n) is 3.22. The van der Waals surface area contributed by atoms with Crippen molar-refractivity contribution in [3.8, 4) is 5.75 Å². The first kappa shape index (κ1) is 26.2. The summed E-state index contributed by atoms with van der Waals surface area (Å²) >= 11 is 1.28. The van der Waals surface area contributed by atoms with Gasteiger partial charge in [0.2, 0.25) is 0 Å². The highest BCUT2D eigenvalue weighted by Crippen LogP contribution is 2.48. The highest BCUT2D eigenvalue weighted by molar-refractivity contribution is 8.00. The third kappa shape index (κ3) is 7.07. The number of nitrogens with zero attached hydrogens (tertiary/aromatic N) is 2. The molecule has 34 heavy (non-hydrogen) atoms. The van der Waals surface area contributed by atoms with Crippen LogP contribution in [0.5, 0.6) is 5.75 Å². The number of nitrogens with two attached hydrogens (primary N) is 1. The van der Waals surface area contributed by atoms with Crippen LogP contribution in [0.3, 0.4) is 0 Å². The van der Waals surface area contributed by atoms with E-state index in [1.165, 1.54) is 35.5 Å². The molecule has 11 nitrogen and oxygen atoms in total. The van der Waals surface area contributed by atoms with Gasteiger partial charge in [-0.05, 0) is 45.4 Å². The Labute approximate surface area is 201 Å². The maximum atomic E-state index is 13.6. The number of carbonyl (C=O) groups is 1. The second-order valence-corrected chi connectivity index (χ2v) is 11.1. The number of nitrogens with one attached hydrogen (secondary N) is 1. The summed E-state index contributed by atoms with van der Waals surface area (Å²) < 4.78 is 31.3. The molecule has 4 unspecified atom stereocenters. The van der Waals surface area contributed by atoms with E-state index in [0.29, 0.717) is 5.75 Å². The molecule has 0 radical (unpaired) electrons. The number of aliphatic hydroxyl groups excluding tert-OH is 1. The van der Waals surface area contributed by atoms with E-state index in [0.717, 1.165) is 0 Å². The lowest BCUT2D eigenvalue weighted by Crippen LogP contribution is -2.36. The lowest BCUT2D eigenvalue weighted by molar-refractivity contribution is -0.149. The number of carbonyl (C=O) groups excluding carboxylic acids is 1. The predicted octanol–water partition coefficient (Wildman–Crippen LogP) is 2.32. The molecule has 4 N–H and O–H groups in total. The highest BCUT2D eigenvalue weighted by atomic mass is 32.2. The zero-order valence-corrected chi connectivity index (χ0v) is 20.8. The minimum atomic E-state index is -4.02. The molecule has 13 heteroatoms. The molecule has 3 rings (SSSR count). The van der Waals surface area contributed by atoms with Crippen molar-refractivity contribution in [2.24, 2.45) is 0 Å². The van der Waals surface area contributed by atoms with Gasteiger partial charge in [-0.3, -0.25) is 13.9 Å². The average molecular weight is 513 g/mol. The van der Waals surface area contributed by atoms with Crippen molar-refractivity contribution in [2.75, 3.05) is 12.3 Å². The Kier molecular flexibility index (Phi) is 8.78. The van der Waals surface area contributed by atoms with Crippen LogP contribution < -0.4 is 21.0 Å². The standard InChI is InChI=1S/C21H29N4O7PS/c1-13(2)31-20(27)14(3)24-33(29,32-15-7-5-4-6-8-15)30-12-16-11-17(26)19(34-16)25-10-9-18(22)23-21(25)28/h4-10,13-14,16-17,19,26H,11-12H2,1-3H3,(H,24,29)(H2,22,23,28)/t14-,16?,17?,19?,33?/m0/s1. The highest BCUT2D eigenvalue weighted by Gasteiger charge is 2.39. The van der Waals surface area contributed by atoms with Crippen LogP contribution in [0.15, 0.2) is 47.4 Å². The van der Waals surface area contributed by atoms with Crippen molar-refractivity contribution in [3.05, 3.63) is 53.1 Å². The Morgan fingerprint density at radius 3 is 2.68 bits per heavy atom. The van der Waals surface area contributed by atoms with Crippen molar-refractivity contribution in [3.63, 3.8) is 0 Å². The summed E-state index contributed by atoms with van der Waals surface area (Å²) in [6.07, 6.45) is 0.556. The van der Waals surface area contributed by atoms with E-state index in [-0.39, 0.29) is 30.2 Å². The molecule has 1 aromatic carbocycles. The van der Waals surface area contributed by atoms with Gasteiger partial charge in [0.1, 0.15) is 23.0 Å². The molecule has 1 aliphatic heterocycles. The second-order valence-electron chi connectivity index (χ2n) is 8.03. The van der Waals surface area contributed by atoms with E-state index in [2.05, 4.69) is 10.1 Å². The molecule has 1 aromatic heterocycles. The summed E-state index contributed by atoms with van der Waals surface area (Å²) in [5, 5.41) is 12.2. The minimum Gasteiger partial charge on any atom is -0.462 e. The van der Waals surface area contributed by atoms with Crippen LogP contribution in [-0.4, -0.2) is 50.7 Å². The molecule has 5 atom stereocenters. The van der Waals surface area contributed by atoms with Crippen LogP contribution >= 0.6 is 19.5 Å². The van der Waals surface area contributed by atoms with Gasteiger partial charge in [-0.25, -0.2) is 9.36 Å². The third-order valence-corrected chi connectivity index (χ3v) is 7.92. The normalized spacial score (nSPS) is 22.8. The Bertz CT molecular complexity index is 1080. The van der Waals surface area contributed by atoms with E-state index in [1.807, 2.05) is 0 Å². The fraction of sp³-hybridized carbons (Fsp3) is 0.476. The fourth-order valence-corrected chi connectivity index (χ4v) is 6.29.